The van der Waals surface area contributed by atoms with E-state index in [9.17, 15) is 4.79 Å². The number of aromatic amines is 1. The fraction of sp³-hybridized carbons (Fsp3) is 0.167. The number of nitrogens with one attached hydrogen (secondary N) is 1. The zero-order valence-electron chi connectivity index (χ0n) is 8.68. The molecule has 4 heteroatoms. The van der Waals surface area contributed by atoms with Gasteiger partial charge in [-0.2, -0.15) is 0 Å². The number of amides is 1. The number of carbonyl (C=O) groups excluding carboxylic acids is 1. The minimum Gasteiger partial charge on any atom is -0.341 e. The molecule has 16 heavy (non-hydrogen) atoms. The van der Waals surface area contributed by atoms with E-state index in [1.807, 2.05) is 17.0 Å². The number of hydrogen-bond acceptors (Lipinski definition) is 2. The molecular formula is C12H11N3O. The molecular weight excluding hydrogens is 202 g/mol. The molecule has 1 N–H and O–H groups in total. The van der Waals surface area contributed by atoms with Gasteiger partial charge >= 0.3 is 0 Å². The van der Waals surface area contributed by atoms with E-state index in [1.165, 1.54) is 17.5 Å². The molecule has 0 saturated heterocycles. The van der Waals surface area contributed by atoms with Gasteiger partial charge < -0.3 is 9.88 Å². The average molecular weight is 213 g/mol. The molecule has 0 fully saturated rings. The number of nitrogens with zero attached hydrogens (tertiary/aromatic N) is 2. The predicted molar refractivity (Wildman–Crippen MR) is 58.6 cm³/mol. The molecule has 1 aromatic carbocycles. The van der Waals surface area contributed by atoms with Crippen molar-refractivity contribution in [3.8, 4) is 0 Å². The summed E-state index contributed by atoms with van der Waals surface area (Å²) >= 11 is 0. The zero-order chi connectivity index (χ0) is 11.0. The highest BCUT2D eigenvalue weighted by atomic mass is 16.2. The Bertz CT molecular complexity index is 494. The number of rotatable bonds is 1. The van der Waals surface area contributed by atoms with E-state index in [1.54, 1.807) is 6.20 Å². The molecule has 3 rings (SSSR count). The summed E-state index contributed by atoms with van der Waals surface area (Å²) in [5.74, 6) is 0.00806. The van der Waals surface area contributed by atoms with Crippen molar-refractivity contribution in [1.82, 2.24) is 14.9 Å². The van der Waals surface area contributed by atoms with Crippen LogP contribution in [0.15, 0.2) is 36.8 Å². The Morgan fingerprint density at radius 3 is 2.50 bits per heavy atom. The Morgan fingerprint density at radius 1 is 1.25 bits per heavy atom. The van der Waals surface area contributed by atoms with Gasteiger partial charge in [0.25, 0.3) is 5.91 Å². The van der Waals surface area contributed by atoms with E-state index >= 15 is 0 Å². The number of hydrogen-bond donors (Lipinski definition) is 1. The van der Waals surface area contributed by atoms with Gasteiger partial charge in [0.05, 0.1) is 12.5 Å². The van der Waals surface area contributed by atoms with Gasteiger partial charge in [-0.3, -0.25) is 4.79 Å². The molecule has 1 aromatic heterocycles. The van der Waals surface area contributed by atoms with E-state index in [-0.39, 0.29) is 5.91 Å². The molecule has 80 valence electrons. The van der Waals surface area contributed by atoms with Gasteiger partial charge in [0.1, 0.15) is 5.69 Å². The lowest BCUT2D eigenvalue weighted by atomic mass is 10.1. The highest BCUT2D eigenvalue weighted by molar-refractivity contribution is 5.92. The highest BCUT2D eigenvalue weighted by Crippen LogP contribution is 2.23. The van der Waals surface area contributed by atoms with E-state index in [4.69, 9.17) is 0 Å². The van der Waals surface area contributed by atoms with Crippen LogP contribution >= 0.6 is 0 Å². The Hall–Kier alpha value is -2.10. The molecule has 4 nitrogen and oxygen atoms in total. The first kappa shape index (κ1) is 9.15. The van der Waals surface area contributed by atoms with Crippen LogP contribution in [0.5, 0.6) is 0 Å². The Labute approximate surface area is 92.9 Å². The first-order chi connectivity index (χ1) is 7.84. The maximum absolute atomic E-state index is 12.0. The SMILES string of the molecule is O=C(c1cnc[nH]1)N1Cc2ccccc2C1. The fourth-order valence-corrected chi connectivity index (χ4v) is 2.02. The van der Waals surface area contributed by atoms with Crippen molar-refractivity contribution in [2.24, 2.45) is 0 Å². The maximum atomic E-state index is 12.0. The summed E-state index contributed by atoms with van der Waals surface area (Å²) in [5.41, 5.74) is 3.01. The number of aromatic nitrogens is 2. The maximum Gasteiger partial charge on any atom is 0.272 e. The predicted octanol–water partition coefficient (Wildman–Crippen LogP) is 1.57. The van der Waals surface area contributed by atoms with Crippen LogP contribution in [0, 0.1) is 0 Å². The first-order valence-corrected chi connectivity index (χ1v) is 5.19. The fourth-order valence-electron chi connectivity index (χ4n) is 2.02. The monoisotopic (exact) mass is 213 g/mol. The van der Waals surface area contributed by atoms with Gasteiger partial charge in [-0.15, -0.1) is 0 Å². The molecule has 0 atom stereocenters. The molecule has 2 heterocycles. The normalized spacial score (nSPS) is 13.9. The Kier molecular flexibility index (Phi) is 1.99. The topological polar surface area (TPSA) is 49.0 Å². The van der Waals surface area contributed by atoms with Crippen molar-refractivity contribution in [2.75, 3.05) is 0 Å². The smallest absolute Gasteiger partial charge is 0.272 e. The van der Waals surface area contributed by atoms with Gasteiger partial charge in [0.15, 0.2) is 0 Å². The second-order valence-corrected chi connectivity index (χ2v) is 3.90. The van der Waals surface area contributed by atoms with Gasteiger partial charge in [-0.25, -0.2) is 4.98 Å². The van der Waals surface area contributed by atoms with Crippen LogP contribution in [-0.2, 0) is 13.1 Å². The van der Waals surface area contributed by atoms with Crippen LogP contribution in [0.4, 0.5) is 0 Å². The molecule has 0 spiro atoms. The van der Waals surface area contributed by atoms with Crippen molar-refractivity contribution in [2.45, 2.75) is 13.1 Å². The van der Waals surface area contributed by atoms with E-state index < -0.39 is 0 Å². The van der Waals surface area contributed by atoms with Crippen LogP contribution in [0.2, 0.25) is 0 Å². The minimum absolute atomic E-state index is 0.00806. The lowest BCUT2D eigenvalue weighted by molar-refractivity contribution is 0.0746. The summed E-state index contributed by atoms with van der Waals surface area (Å²) in [4.78, 5) is 20.5. The standard InChI is InChI=1S/C12H11N3O/c16-12(11-5-13-8-14-11)15-6-9-3-1-2-4-10(9)7-15/h1-5,8H,6-7H2,(H,13,14). The van der Waals surface area contributed by atoms with Crippen LogP contribution in [0.3, 0.4) is 0 Å². The van der Waals surface area contributed by atoms with Crippen LogP contribution in [-0.4, -0.2) is 20.8 Å². The number of fused-ring (bicyclic) bond motifs is 1. The molecule has 0 unspecified atom stereocenters. The molecule has 1 amide bonds. The van der Waals surface area contributed by atoms with Crippen LogP contribution in [0.1, 0.15) is 21.6 Å². The molecule has 1 aliphatic heterocycles. The van der Waals surface area contributed by atoms with E-state index in [0.717, 1.165) is 0 Å². The highest BCUT2D eigenvalue weighted by Gasteiger charge is 2.24. The van der Waals surface area contributed by atoms with E-state index in [2.05, 4.69) is 22.1 Å². The Morgan fingerprint density at radius 2 is 1.94 bits per heavy atom. The average Bonchev–Trinajstić information content (AvgIpc) is 2.97. The molecule has 2 aromatic rings. The van der Waals surface area contributed by atoms with Gasteiger partial charge in [-0.05, 0) is 11.1 Å². The third kappa shape index (κ3) is 1.39. The summed E-state index contributed by atoms with van der Waals surface area (Å²) in [6.07, 6.45) is 3.09. The van der Waals surface area contributed by atoms with Gasteiger partial charge in [0.2, 0.25) is 0 Å². The van der Waals surface area contributed by atoms with Crippen molar-refractivity contribution in [3.05, 3.63) is 53.6 Å². The number of imidazole rings is 1. The van der Waals surface area contributed by atoms with Crippen molar-refractivity contribution >= 4 is 5.91 Å². The summed E-state index contributed by atoms with van der Waals surface area (Å²) in [5, 5.41) is 0. The Balaban J connectivity index is 1.84. The van der Waals surface area contributed by atoms with Crippen LogP contribution < -0.4 is 0 Å². The summed E-state index contributed by atoms with van der Waals surface area (Å²) in [7, 11) is 0. The van der Waals surface area contributed by atoms with Gasteiger partial charge in [-0.1, -0.05) is 24.3 Å². The lowest BCUT2D eigenvalue weighted by Gasteiger charge is -2.13. The number of benzene rings is 1. The van der Waals surface area contributed by atoms with Crippen LogP contribution in [0.25, 0.3) is 0 Å². The number of carbonyl (C=O) groups is 1. The third-order valence-corrected chi connectivity index (χ3v) is 2.86. The van der Waals surface area contributed by atoms with Crippen molar-refractivity contribution in [1.29, 1.82) is 0 Å². The lowest BCUT2D eigenvalue weighted by Crippen LogP contribution is -2.25. The summed E-state index contributed by atoms with van der Waals surface area (Å²) in [6, 6.07) is 8.14. The van der Waals surface area contributed by atoms with Crippen molar-refractivity contribution < 1.29 is 4.79 Å². The second-order valence-electron chi connectivity index (χ2n) is 3.90. The number of H-pyrrole nitrogens is 1. The first-order valence-electron chi connectivity index (χ1n) is 5.19. The van der Waals surface area contributed by atoms with Crippen molar-refractivity contribution in [3.63, 3.8) is 0 Å². The molecule has 0 bridgehead atoms. The molecule has 0 aliphatic carbocycles. The molecule has 0 saturated carbocycles. The summed E-state index contributed by atoms with van der Waals surface area (Å²) < 4.78 is 0. The minimum atomic E-state index is 0.00806. The quantitative estimate of drug-likeness (QED) is 0.781. The largest absolute Gasteiger partial charge is 0.341 e. The zero-order valence-corrected chi connectivity index (χ0v) is 8.68. The molecule has 1 aliphatic rings. The van der Waals surface area contributed by atoms with E-state index in [0.29, 0.717) is 18.8 Å². The third-order valence-electron chi connectivity index (χ3n) is 2.86. The van der Waals surface area contributed by atoms with Gasteiger partial charge in [0, 0.05) is 13.1 Å². The summed E-state index contributed by atoms with van der Waals surface area (Å²) in [6.45, 7) is 1.38. The molecule has 0 radical (unpaired) electrons. The second kappa shape index (κ2) is 3.48.